The quantitative estimate of drug-likeness (QED) is 0.741. The Morgan fingerprint density at radius 1 is 1.26 bits per heavy atom. The van der Waals surface area contributed by atoms with Crippen LogP contribution in [-0.4, -0.2) is 46.1 Å². The predicted molar refractivity (Wildman–Crippen MR) is 104 cm³/mol. The second-order valence-electron chi connectivity index (χ2n) is 8.50. The summed E-state index contributed by atoms with van der Waals surface area (Å²) < 4.78 is 32.7. The van der Waals surface area contributed by atoms with Gasteiger partial charge in [-0.3, -0.25) is 4.90 Å². The molecule has 0 unspecified atom stereocenters. The van der Waals surface area contributed by atoms with E-state index in [4.69, 9.17) is 9.72 Å². The number of nitrogens with zero attached hydrogens (tertiary/aromatic N) is 3. The minimum Gasteiger partial charge on any atom is -0.378 e. The van der Waals surface area contributed by atoms with Crippen LogP contribution >= 0.6 is 11.3 Å². The van der Waals surface area contributed by atoms with Crippen LogP contribution in [0.15, 0.2) is 6.07 Å². The van der Waals surface area contributed by atoms with E-state index in [1.165, 1.54) is 4.88 Å². The average Bonchev–Trinajstić information content (AvgIpc) is 3.00. The van der Waals surface area contributed by atoms with Gasteiger partial charge in [0.25, 0.3) is 0 Å². The lowest BCUT2D eigenvalue weighted by Crippen LogP contribution is -2.52. The fourth-order valence-electron chi connectivity index (χ4n) is 4.13. The van der Waals surface area contributed by atoms with Crippen LogP contribution in [0.3, 0.4) is 0 Å². The molecule has 0 N–H and O–H groups in total. The smallest absolute Gasteiger partial charge is 0.248 e. The molecular weight excluding hydrogens is 368 g/mol. The zero-order valence-electron chi connectivity index (χ0n) is 16.2. The van der Waals surface area contributed by atoms with E-state index in [0.717, 1.165) is 41.4 Å². The highest BCUT2D eigenvalue weighted by atomic mass is 32.1. The lowest BCUT2D eigenvalue weighted by molar-refractivity contribution is -0.0556. The maximum Gasteiger partial charge on any atom is 0.248 e. The van der Waals surface area contributed by atoms with Gasteiger partial charge in [-0.15, -0.1) is 11.3 Å². The average molecular weight is 396 g/mol. The zero-order chi connectivity index (χ0) is 19.2. The summed E-state index contributed by atoms with van der Waals surface area (Å²) in [4.78, 5) is 13.9. The van der Waals surface area contributed by atoms with Crippen molar-refractivity contribution in [3.63, 3.8) is 0 Å². The first kappa shape index (κ1) is 19.2. The first-order valence-electron chi connectivity index (χ1n) is 9.71. The molecule has 2 aromatic heterocycles. The number of halogens is 2. The van der Waals surface area contributed by atoms with Crippen molar-refractivity contribution in [2.45, 2.75) is 70.4 Å². The Hall–Kier alpha value is -1.18. The number of thiophene rings is 1. The third-order valence-electron chi connectivity index (χ3n) is 5.88. The van der Waals surface area contributed by atoms with E-state index < -0.39 is 5.92 Å². The van der Waals surface area contributed by atoms with Crippen molar-refractivity contribution in [3.05, 3.63) is 22.5 Å². The summed E-state index contributed by atoms with van der Waals surface area (Å²) in [7, 11) is 0. The van der Waals surface area contributed by atoms with Crippen LogP contribution < -0.4 is 0 Å². The molecule has 4 nitrogen and oxygen atoms in total. The SMILES string of the molecule is Cc1nc(CN2CCOCC2(C)C)c2cc(C3CCC(F)(F)CC3)sc2n1. The molecule has 0 radical (unpaired) electrons. The first-order chi connectivity index (χ1) is 12.7. The maximum absolute atomic E-state index is 13.5. The number of aromatic nitrogens is 2. The van der Waals surface area contributed by atoms with Crippen LogP contribution in [0.5, 0.6) is 0 Å². The summed E-state index contributed by atoms with van der Waals surface area (Å²) in [6.07, 6.45) is 1.09. The maximum atomic E-state index is 13.5. The number of rotatable bonds is 3. The molecule has 4 rings (SSSR count). The fraction of sp³-hybridized carbons (Fsp3) is 0.700. The molecule has 1 aliphatic heterocycles. The van der Waals surface area contributed by atoms with Gasteiger partial charge in [0.1, 0.15) is 10.7 Å². The van der Waals surface area contributed by atoms with Gasteiger partial charge in [-0.25, -0.2) is 18.7 Å². The largest absolute Gasteiger partial charge is 0.378 e. The summed E-state index contributed by atoms with van der Waals surface area (Å²) >= 11 is 1.65. The Kier molecular flexibility index (Phi) is 4.97. The van der Waals surface area contributed by atoms with Crippen molar-refractivity contribution in [1.82, 2.24) is 14.9 Å². The van der Waals surface area contributed by atoms with E-state index in [2.05, 4.69) is 29.8 Å². The van der Waals surface area contributed by atoms with Gasteiger partial charge < -0.3 is 4.74 Å². The van der Waals surface area contributed by atoms with Crippen molar-refractivity contribution in [3.8, 4) is 0 Å². The van der Waals surface area contributed by atoms with Gasteiger partial charge in [0.15, 0.2) is 0 Å². The van der Waals surface area contributed by atoms with E-state index in [9.17, 15) is 8.78 Å². The van der Waals surface area contributed by atoms with Crippen molar-refractivity contribution < 1.29 is 13.5 Å². The van der Waals surface area contributed by atoms with Gasteiger partial charge in [0.2, 0.25) is 5.92 Å². The lowest BCUT2D eigenvalue weighted by Gasteiger charge is -2.42. The predicted octanol–water partition coefficient (Wildman–Crippen LogP) is 4.90. The topological polar surface area (TPSA) is 38.2 Å². The summed E-state index contributed by atoms with van der Waals surface area (Å²) in [5.74, 6) is -1.50. The minimum absolute atomic E-state index is 0.00849. The molecule has 148 valence electrons. The Morgan fingerprint density at radius 2 is 2.00 bits per heavy atom. The van der Waals surface area contributed by atoms with Gasteiger partial charge in [-0.1, -0.05) is 0 Å². The van der Waals surface area contributed by atoms with E-state index in [-0.39, 0.29) is 24.3 Å². The van der Waals surface area contributed by atoms with Crippen molar-refractivity contribution in [2.75, 3.05) is 19.8 Å². The highest BCUT2D eigenvalue weighted by Gasteiger charge is 2.36. The second-order valence-corrected chi connectivity index (χ2v) is 9.56. The van der Waals surface area contributed by atoms with Gasteiger partial charge >= 0.3 is 0 Å². The molecule has 0 spiro atoms. The standard InChI is InChI=1S/C20H27F2N3OS/c1-13-23-16(11-25-8-9-26-12-19(25,2)3)15-10-17(27-18(15)24-13)14-4-6-20(21,22)7-5-14/h10,14H,4-9,11-12H2,1-3H3. The number of hydrogen-bond donors (Lipinski definition) is 0. The van der Waals surface area contributed by atoms with Gasteiger partial charge in [0, 0.05) is 41.7 Å². The van der Waals surface area contributed by atoms with Crippen molar-refractivity contribution in [2.24, 2.45) is 0 Å². The first-order valence-corrected chi connectivity index (χ1v) is 10.5. The number of alkyl halides is 2. The number of aryl methyl sites for hydroxylation is 1. The number of morpholine rings is 1. The van der Waals surface area contributed by atoms with Crippen LogP contribution in [-0.2, 0) is 11.3 Å². The molecule has 1 saturated heterocycles. The Morgan fingerprint density at radius 3 is 2.70 bits per heavy atom. The summed E-state index contributed by atoms with van der Waals surface area (Å²) in [5, 5.41) is 1.08. The third-order valence-corrected chi connectivity index (χ3v) is 7.07. The molecule has 1 saturated carbocycles. The van der Waals surface area contributed by atoms with Crippen molar-refractivity contribution in [1.29, 1.82) is 0 Å². The molecule has 2 fully saturated rings. The molecule has 27 heavy (non-hydrogen) atoms. The molecule has 0 aromatic carbocycles. The monoisotopic (exact) mass is 395 g/mol. The third kappa shape index (κ3) is 4.00. The minimum atomic E-state index is -2.49. The van der Waals surface area contributed by atoms with E-state index in [1.54, 1.807) is 11.3 Å². The van der Waals surface area contributed by atoms with Crippen LogP contribution in [0.4, 0.5) is 8.78 Å². The fourth-order valence-corrected chi connectivity index (χ4v) is 5.40. The summed E-state index contributed by atoms with van der Waals surface area (Å²) in [5.41, 5.74) is 1.01. The highest BCUT2D eigenvalue weighted by molar-refractivity contribution is 7.18. The number of hydrogen-bond acceptors (Lipinski definition) is 5. The van der Waals surface area contributed by atoms with E-state index in [1.807, 2.05) is 6.92 Å². The van der Waals surface area contributed by atoms with Gasteiger partial charge in [0.05, 0.1) is 18.9 Å². The molecule has 0 amide bonds. The molecule has 3 heterocycles. The highest BCUT2D eigenvalue weighted by Crippen LogP contribution is 2.44. The van der Waals surface area contributed by atoms with Gasteiger partial charge in [-0.2, -0.15) is 0 Å². The Balaban J connectivity index is 1.62. The summed E-state index contributed by atoms with van der Waals surface area (Å²) in [6.45, 7) is 9.40. The Bertz CT molecular complexity index is 826. The molecule has 2 aliphatic rings. The molecule has 2 aromatic rings. The van der Waals surface area contributed by atoms with E-state index >= 15 is 0 Å². The second kappa shape index (κ2) is 7.01. The Labute approximate surface area is 162 Å². The number of fused-ring (bicyclic) bond motifs is 1. The van der Waals surface area contributed by atoms with Gasteiger partial charge in [-0.05, 0) is 45.6 Å². The van der Waals surface area contributed by atoms with Crippen molar-refractivity contribution >= 4 is 21.6 Å². The van der Waals surface area contributed by atoms with E-state index in [0.29, 0.717) is 19.4 Å². The lowest BCUT2D eigenvalue weighted by atomic mass is 9.86. The molecule has 1 aliphatic carbocycles. The molecule has 7 heteroatoms. The normalized spacial score (nSPS) is 23.7. The van der Waals surface area contributed by atoms with Crippen LogP contribution in [0.2, 0.25) is 0 Å². The molecule has 0 atom stereocenters. The van der Waals surface area contributed by atoms with Crippen LogP contribution in [0.25, 0.3) is 10.2 Å². The molecule has 0 bridgehead atoms. The summed E-state index contributed by atoms with van der Waals surface area (Å²) in [6, 6.07) is 2.16. The van der Waals surface area contributed by atoms with Crippen LogP contribution in [0.1, 0.15) is 61.8 Å². The molecular formula is C20H27F2N3OS. The van der Waals surface area contributed by atoms with Crippen LogP contribution in [0, 0.1) is 6.92 Å². The number of ether oxygens (including phenoxy) is 1. The zero-order valence-corrected chi connectivity index (χ0v) is 17.0.